The Bertz CT molecular complexity index is 867. The Labute approximate surface area is 352 Å². The highest BCUT2D eigenvalue weighted by Gasteiger charge is 2.24. The number of hydrogen-bond donors (Lipinski definition) is 4. The second-order valence-corrected chi connectivity index (χ2v) is 20.1. The summed E-state index contributed by atoms with van der Waals surface area (Å²) in [5.74, 6) is 0. The van der Waals surface area contributed by atoms with Crippen molar-refractivity contribution in [3.8, 4) is 0 Å². The van der Waals surface area contributed by atoms with E-state index >= 15 is 0 Å². The third-order valence-electron chi connectivity index (χ3n) is 10.2. The molecule has 0 aliphatic heterocycles. The van der Waals surface area contributed by atoms with Gasteiger partial charge in [-0.3, -0.25) is 18.1 Å². The van der Waals surface area contributed by atoms with Crippen molar-refractivity contribution in [2.45, 2.75) is 225 Å². The first-order valence-corrected chi connectivity index (χ1v) is 26.6. The van der Waals surface area contributed by atoms with Gasteiger partial charge < -0.3 is 24.5 Å². The molecular weight excluding hydrogens is 764 g/mol. The summed E-state index contributed by atoms with van der Waals surface area (Å²) < 4.78 is 43.4. The number of nitrogens with zero attached hydrogens (tertiary/aromatic N) is 1. The Hall–Kier alpha value is 0.1000. The number of hydrogen-bond acceptors (Lipinski definition) is 8. The SMILES string of the molecule is CCCCCCCCCCCCCCCCCCOP(=O)(O)OCCCCCCCCCCCCCCCCCC.C[N+](C)(C)CCOP(=O)(O)OCC(O)CO. The first kappa shape index (κ1) is 59.2. The highest BCUT2D eigenvalue weighted by Crippen LogP contribution is 2.44. The van der Waals surface area contributed by atoms with Gasteiger partial charge in [-0.1, -0.05) is 206 Å². The quantitative estimate of drug-likeness (QED) is 0.0265. The molecule has 2 atom stereocenters. The minimum absolute atomic E-state index is 0.0759. The summed E-state index contributed by atoms with van der Waals surface area (Å²) in [5.41, 5.74) is 0. The standard InChI is InChI=1S/C36H75O4P.C8H20NO6P/c1-3-5-7-9-11-13-15-17-19-21-23-25-27-29-31-33-35-39-41(37,38)40-36-34-32-30-28-26-24-22-20-18-16-14-12-10-8-6-4-2;1-9(2,3)4-5-14-16(12,13)15-7-8(11)6-10/h3-36H2,1-2H3,(H,37,38);8,10-11H,4-7H2,1-3H3/p+1. The molecule has 0 saturated carbocycles. The van der Waals surface area contributed by atoms with E-state index in [1.807, 2.05) is 21.1 Å². The van der Waals surface area contributed by atoms with Gasteiger partial charge in [0.15, 0.2) is 0 Å². The molecule has 0 radical (unpaired) electrons. The highest BCUT2D eigenvalue weighted by molar-refractivity contribution is 7.47. The maximum Gasteiger partial charge on any atom is 0.472 e. The first-order chi connectivity index (χ1) is 27.3. The fraction of sp³-hybridized carbons (Fsp3) is 1.00. The maximum absolute atomic E-state index is 12.0. The van der Waals surface area contributed by atoms with Gasteiger partial charge in [0.05, 0.1) is 47.6 Å². The summed E-state index contributed by atoms with van der Waals surface area (Å²) in [6, 6.07) is 0. The smallest absolute Gasteiger partial charge is 0.394 e. The van der Waals surface area contributed by atoms with E-state index in [1.165, 1.54) is 180 Å². The van der Waals surface area contributed by atoms with Gasteiger partial charge in [0.25, 0.3) is 0 Å². The molecule has 346 valence electrons. The number of aliphatic hydroxyl groups is 2. The monoisotopic (exact) mass is 861 g/mol. The number of likely N-dealkylation sites (N-methyl/N-ethyl adjacent to an activating group) is 1. The van der Waals surface area contributed by atoms with Crippen molar-refractivity contribution < 1.29 is 51.7 Å². The predicted octanol–water partition coefficient (Wildman–Crippen LogP) is 12.8. The van der Waals surface area contributed by atoms with Crippen LogP contribution in [-0.4, -0.2) is 91.3 Å². The number of unbranched alkanes of at least 4 members (excludes halogenated alkanes) is 30. The van der Waals surface area contributed by atoms with E-state index in [0.29, 0.717) is 24.2 Å². The summed E-state index contributed by atoms with van der Waals surface area (Å²) >= 11 is 0. The van der Waals surface area contributed by atoms with Crippen molar-refractivity contribution in [1.82, 2.24) is 0 Å². The number of quaternary nitrogens is 1. The zero-order valence-corrected chi connectivity index (χ0v) is 39.8. The first-order valence-electron chi connectivity index (χ1n) is 23.6. The lowest BCUT2D eigenvalue weighted by Gasteiger charge is -2.24. The number of rotatable bonds is 44. The molecule has 0 amide bonds. The minimum atomic E-state index is -4.13. The molecule has 0 aliphatic rings. The zero-order valence-electron chi connectivity index (χ0n) is 38.0. The zero-order chi connectivity index (χ0) is 42.8. The van der Waals surface area contributed by atoms with Crippen LogP contribution in [0.1, 0.15) is 219 Å². The van der Waals surface area contributed by atoms with E-state index in [0.717, 1.165) is 25.7 Å². The van der Waals surface area contributed by atoms with Crippen molar-refractivity contribution in [3.05, 3.63) is 0 Å². The van der Waals surface area contributed by atoms with E-state index in [2.05, 4.69) is 22.9 Å². The average Bonchev–Trinajstić information content (AvgIpc) is 3.16. The van der Waals surface area contributed by atoms with Crippen LogP contribution in [0, 0.1) is 0 Å². The molecule has 0 spiro atoms. The van der Waals surface area contributed by atoms with E-state index in [9.17, 15) is 14.0 Å². The van der Waals surface area contributed by atoms with Crippen molar-refractivity contribution in [1.29, 1.82) is 0 Å². The molecule has 0 bridgehead atoms. The minimum Gasteiger partial charge on any atom is -0.394 e. The maximum atomic E-state index is 12.0. The van der Waals surface area contributed by atoms with Gasteiger partial charge in [0.1, 0.15) is 19.3 Å². The Morgan fingerprint density at radius 1 is 0.421 bits per heavy atom. The molecule has 11 nitrogen and oxygen atoms in total. The Morgan fingerprint density at radius 3 is 0.930 bits per heavy atom. The third-order valence-corrected chi connectivity index (χ3v) is 12.2. The second-order valence-electron chi connectivity index (χ2n) is 17.2. The molecule has 0 aliphatic carbocycles. The lowest BCUT2D eigenvalue weighted by atomic mass is 10.0. The summed E-state index contributed by atoms with van der Waals surface area (Å²) in [7, 11) is -2.24. The van der Waals surface area contributed by atoms with Crippen LogP contribution in [0.15, 0.2) is 0 Å². The molecular formula is C44H96NO10P2+. The summed E-state index contributed by atoms with van der Waals surface area (Å²) in [6.07, 6.45) is 41.0. The van der Waals surface area contributed by atoms with E-state index < -0.39 is 35.0 Å². The number of phosphoric ester groups is 2. The van der Waals surface area contributed by atoms with E-state index in [4.69, 9.17) is 24.2 Å². The van der Waals surface area contributed by atoms with Gasteiger partial charge >= 0.3 is 15.6 Å². The van der Waals surface area contributed by atoms with Gasteiger partial charge in [-0.2, -0.15) is 0 Å². The van der Waals surface area contributed by atoms with E-state index in [1.54, 1.807) is 0 Å². The van der Waals surface area contributed by atoms with Crippen LogP contribution < -0.4 is 0 Å². The normalized spacial score (nSPS) is 13.7. The van der Waals surface area contributed by atoms with Crippen molar-refractivity contribution in [3.63, 3.8) is 0 Å². The van der Waals surface area contributed by atoms with Gasteiger partial charge in [0.2, 0.25) is 0 Å². The average molecular weight is 861 g/mol. The molecule has 0 aromatic rings. The molecule has 0 rings (SSSR count). The lowest BCUT2D eigenvalue weighted by molar-refractivity contribution is -0.870. The molecule has 13 heteroatoms. The molecule has 0 heterocycles. The topological polar surface area (TPSA) is 152 Å². The molecule has 0 fully saturated rings. The van der Waals surface area contributed by atoms with Gasteiger partial charge in [-0.15, -0.1) is 0 Å². The van der Waals surface area contributed by atoms with Crippen LogP contribution in [0.4, 0.5) is 0 Å². The lowest BCUT2D eigenvalue weighted by Crippen LogP contribution is -2.37. The van der Waals surface area contributed by atoms with Crippen molar-refractivity contribution in [2.75, 3.05) is 60.7 Å². The fourth-order valence-electron chi connectivity index (χ4n) is 6.40. The van der Waals surface area contributed by atoms with Crippen molar-refractivity contribution in [2.24, 2.45) is 0 Å². The van der Waals surface area contributed by atoms with Crippen LogP contribution in [-0.2, 0) is 27.2 Å². The van der Waals surface area contributed by atoms with Crippen LogP contribution in [0.5, 0.6) is 0 Å². The molecule has 4 N–H and O–H groups in total. The van der Waals surface area contributed by atoms with Crippen molar-refractivity contribution >= 4 is 15.6 Å². The fourth-order valence-corrected chi connectivity index (χ4v) is 7.94. The molecule has 0 aromatic heterocycles. The molecule has 2 unspecified atom stereocenters. The Balaban J connectivity index is 0. The van der Waals surface area contributed by atoms with Crippen LogP contribution in [0.3, 0.4) is 0 Å². The van der Waals surface area contributed by atoms with Gasteiger partial charge in [-0.25, -0.2) is 9.13 Å². The van der Waals surface area contributed by atoms with Crippen LogP contribution >= 0.6 is 15.6 Å². The molecule has 57 heavy (non-hydrogen) atoms. The van der Waals surface area contributed by atoms with Gasteiger partial charge in [0, 0.05) is 0 Å². The second kappa shape index (κ2) is 42.8. The summed E-state index contributed by atoms with van der Waals surface area (Å²) in [5, 5.41) is 17.4. The Morgan fingerprint density at radius 2 is 0.667 bits per heavy atom. The van der Waals surface area contributed by atoms with Crippen LogP contribution in [0.25, 0.3) is 0 Å². The predicted molar refractivity (Wildman–Crippen MR) is 239 cm³/mol. The van der Waals surface area contributed by atoms with E-state index in [-0.39, 0.29) is 6.61 Å². The number of aliphatic hydroxyl groups excluding tert-OH is 2. The largest absolute Gasteiger partial charge is 0.472 e. The number of phosphoric acid groups is 2. The molecule has 0 saturated heterocycles. The van der Waals surface area contributed by atoms with Crippen LogP contribution in [0.2, 0.25) is 0 Å². The summed E-state index contributed by atoms with van der Waals surface area (Å²) in [4.78, 5) is 19.0. The molecule has 0 aromatic carbocycles. The highest BCUT2D eigenvalue weighted by atomic mass is 31.2. The summed E-state index contributed by atoms with van der Waals surface area (Å²) in [6.45, 7) is 4.87. The Kier molecular flexibility index (Phi) is 44.4. The van der Waals surface area contributed by atoms with Gasteiger partial charge in [-0.05, 0) is 12.8 Å². The third kappa shape index (κ3) is 52.2.